The molecule has 0 aliphatic carbocycles. The number of aliphatic carboxylic acids is 1. The third-order valence-corrected chi connectivity index (χ3v) is 2.18. The van der Waals surface area contributed by atoms with Gasteiger partial charge in [0, 0.05) is 5.57 Å². The van der Waals surface area contributed by atoms with Gasteiger partial charge < -0.3 is 20.4 Å². The largest absolute Gasteiger partial charge is 0.512 e. The van der Waals surface area contributed by atoms with Crippen LogP contribution in [0.4, 0.5) is 0 Å². The van der Waals surface area contributed by atoms with Gasteiger partial charge >= 0.3 is 5.97 Å². The Bertz CT molecular complexity index is 271. The lowest BCUT2D eigenvalue weighted by molar-refractivity contribution is -0.138. The maximum atomic E-state index is 10.4. The fraction of sp³-hybridized carbons (Fsp3) is 0.625. The summed E-state index contributed by atoms with van der Waals surface area (Å²) >= 11 is 0. The molecule has 0 amide bonds. The molecule has 1 aliphatic heterocycles. The molecule has 0 radical (unpaired) electrons. The Morgan fingerprint density at radius 2 is 2.00 bits per heavy atom. The molecule has 0 bridgehead atoms. The first-order valence-corrected chi connectivity index (χ1v) is 4.17. The maximum Gasteiger partial charge on any atom is 0.305 e. The summed E-state index contributed by atoms with van der Waals surface area (Å²) in [5.41, 5.74) is 0.0382. The van der Waals surface area contributed by atoms with Gasteiger partial charge in [-0.05, 0) is 6.92 Å². The van der Waals surface area contributed by atoms with E-state index in [1.807, 2.05) is 0 Å². The molecule has 0 aromatic rings. The summed E-state index contributed by atoms with van der Waals surface area (Å²) in [6.07, 6.45) is -2.65. The maximum absolute atomic E-state index is 10.4. The van der Waals surface area contributed by atoms with Gasteiger partial charge in [0.25, 0.3) is 0 Å². The molecule has 3 atom stereocenters. The molecule has 1 rings (SSSR count). The molecule has 80 valence electrons. The van der Waals surface area contributed by atoms with Gasteiger partial charge in [-0.15, -0.1) is 0 Å². The zero-order valence-corrected chi connectivity index (χ0v) is 7.64. The van der Waals surface area contributed by atoms with Crippen LogP contribution in [0.2, 0.25) is 0 Å². The van der Waals surface area contributed by atoms with Crippen molar-refractivity contribution >= 4 is 5.97 Å². The van der Waals surface area contributed by atoms with Crippen LogP contribution in [0.3, 0.4) is 0 Å². The van der Waals surface area contributed by atoms with E-state index in [0.29, 0.717) is 0 Å². The number of carbonyl (C=O) groups is 1. The van der Waals surface area contributed by atoms with Gasteiger partial charge in [0.1, 0.15) is 6.23 Å². The minimum absolute atomic E-state index is 0.0382. The lowest BCUT2D eigenvalue weighted by atomic mass is 10.0. The highest BCUT2D eigenvalue weighted by atomic mass is 16.4. The van der Waals surface area contributed by atoms with Crippen LogP contribution in [0.15, 0.2) is 11.3 Å². The Hall–Kier alpha value is -1.11. The lowest BCUT2D eigenvalue weighted by Crippen LogP contribution is -2.35. The van der Waals surface area contributed by atoms with Crippen molar-refractivity contribution in [1.82, 2.24) is 5.32 Å². The third kappa shape index (κ3) is 2.03. The monoisotopic (exact) mass is 203 g/mol. The number of rotatable bonds is 2. The second-order valence-electron chi connectivity index (χ2n) is 3.26. The second-order valence-corrected chi connectivity index (χ2v) is 3.26. The molecular weight excluding hydrogens is 190 g/mol. The van der Waals surface area contributed by atoms with Crippen LogP contribution in [0, 0.1) is 0 Å². The molecule has 0 aromatic carbocycles. The van der Waals surface area contributed by atoms with E-state index in [2.05, 4.69) is 5.32 Å². The van der Waals surface area contributed by atoms with E-state index >= 15 is 0 Å². The first-order valence-electron chi connectivity index (χ1n) is 4.17. The average Bonchev–Trinajstić information content (AvgIpc) is 2.25. The van der Waals surface area contributed by atoms with Gasteiger partial charge in [-0.2, -0.15) is 0 Å². The van der Waals surface area contributed by atoms with Gasteiger partial charge in [-0.3, -0.25) is 10.1 Å². The fourth-order valence-electron chi connectivity index (χ4n) is 1.53. The zero-order valence-electron chi connectivity index (χ0n) is 7.64. The molecule has 1 saturated heterocycles. The van der Waals surface area contributed by atoms with E-state index < -0.39 is 24.3 Å². The van der Waals surface area contributed by atoms with E-state index in [4.69, 9.17) is 10.2 Å². The molecule has 0 aromatic heterocycles. The first kappa shape index (κ1) is 11.0. The smallest absolute Gasteiger partial charge is 0.305 e. The quantitative estimate of drug-likeness (QED) is 0.366. The van der Waals surface area contributed by atoms with Crippen molar-refractivity contribution in [3.05, 3.63) is 11.3 Å². The van der Waals surface area contributed by atoms with Crippen molar-refractivity contribution in [3.8, 4) is 0 Å². The Kier molecular flexibility index (Phi) is 3.10. The van der Waals surface area contributed by atoms with E-state index in [0.717, 1.165) is 0 Å². The van der Waals surface area contributed by atoms with Gasteiger partial charge in [0.15, 0.2) is 0 Å². The highest BCUT2D eigenvalue weighted by Crippen LogP contribution is 2.23. The normalized spacial score (nSPS) is 35.8. The van der Waals surface area contributed by atoms with Crippen LogP contribution in [0.1, 0.15) is 13.3 Å². The Balaban J connectivity index is 2.79. The molecule has 14 heavy (non-hydrogen) atoms. The molecule has 6 heteroatoms. The number of hydrogen-bond donors (Lipinski definition) is 5. The Labute approximate surface area is 80.5 Å². The Morgan fingerprint density at radius 3 is 2.36 bits per heavy atom. The molecule has 1 aliphatic rings. The van der Waals surface area contributed by atoms with Crippen molar-refractivity contribution < 1.29 is 25.2 Å². The molecule has 5 N–H and O–H groups in total. The van der Waals surface area contributed by atoms with Crippen molar-refractivity contribution in [2.24, 2.45) is 0 Å². The fourth-order valence-corrected chi connectivity index (χ4v) is 1.53. The van der Waals surface area contributed by atoms with E-state index in [1.54, 1.807) is 0 Å². The topological polar surface area (TPSA) is 110 Å². The summed E-state index contributed by atoms with van der Waals surface area (Å²) in [4.78, 5) is 10.4. The minimum atomic E-state index is -1.18. The van der Waals surface area contributed by atoms with Crippen LogP contribution in [-0.2, 0) is 4.79 Å². The summed E-state index contributed by atoms with van der Waals surface area (Å²) in [5.74, 6) is -1.27. The molecule has 1 heterocycles. The summed E-state index contributed by atoms with van der Waals surface area (Å²) < 4.78 is 0. The predicted molar refractivity (Wildman–Crippen MR) is 46.5 cm³/mol. The van der Waals surface area contributed by atoms with E-state index in [-0.39, 0.29) is 17.8 Å². The highest BCUT2D eigenvalue weighted by molar-refractivity contribution is 5.68. The van der Waals surface area contributed by atoms with E-state index in [1.165, 1.54) is 6.92 Å². The van der Waals surface area contributed by atoms with Crippen molar-refractivity contribution in [2.45, 2.75) is 31.7 Å². The van der Waals surface area contributed by atoms with Crippen molar-refractivity contribution in [3.63, 3.8) is 0 Å². The summed E-state index contributed by atoms with van der Waals surface area (Å²) in [6, 6.07) is -0.764. The van der Waals surface area contributed by atoms with Crippen LogP contribution in [-0.4, -0.2) is 44.8 Å². The van der Waals surface area contributed by atoms with Gasteiger partial charge in [0.2, 0.25) is 0 Å². The first-order chi connectivity index (χ1) is 6.43. The predicted octanol–water partition coefficient (Wildman–Crippen LogP) is -1.06. The van der Waals surface area contributed by atoms with Gasteiger partial charge in [0.05, 0.1) is 24.3 Å². The summed E-state index contributed by atoms with van der Waals surface area (Å²) in [5, 5.41) is 38.9. The van der Waals surface area contributed by atoms with Crippen LogP contribution >= 0.6 is 0 Å². The molecule has 0 saturated carbocycles. The molecule has 0 spiro atoms. The van der Waals surface area contributed by atoms with Gasteiger partial charge in [-0.25, -0.2) is 0 Å². The van der Waals surface area contributed by atoms with Crippen LogP contribution < -0.4 is 5.32 Å². The number of carboxylic acid groups (broad SMARTS) is 1. The second kappa shape index (κ2) is 3.95. The average molecular weight is 203 g/mol. The van der Waals surface area contributed by atoms with Crippen LogP contribution in [0.5, 0.6) is 0 Å². The number of nitrogens with one attached hydrogen (secondary N) is 1. The van der Waals surface area contributed by atoms with Gasteiger partial charge in [-0.1, -0.05) is 0 Å². The number of carboxylic acids is 1. The minimum Gasteiger partial charge on any atom is -0.512 e. The zero-order chi connectivity index (χ0) is 10.9. The van der Waals surface area contributed by atoms with Crippen molar-refractivity contribution in [2.75, 3.05) is 0 Å². The molecule has 1 fully saturated rings. The van der Waals surface area contributed by atoms with Crippen LogP contribution in [0.25, 0.3) is 0 Å². The standard InChI is InChI=1S/C8H13NO5/c1-3(10)6-7(13)4(2-5(11)12)9-8(6)14/h4,7-10,13-14H,2H2,1H3,(H,11,12)/b6-3-. The highest BCUT2D eigenvalue weighted by Gasteiger charge is 2.38. The molecular formula is C8H13NO5. The Morgan fingerprint density at radius 1 is 1.43 bits per heavy atom. The summed E-state index contributed by atoms with van der Waals surface area (Å²) in [7, 11) is 0. The third-order valence-electron chi connectivity index (χ3n) is 2.18. The van der Waals surface area contributed by atoms with E-state index in [9.17, 15) is 15.0 Å². The summed E-state index contributed by atoms with van der Waals surface area (Å²) in [6.45, 7) is 1.33. The lowest BCUT2D eigenvalue weighted by Gasteiger charge is -2.11. The number of aliphatic hydroxyl groups is 3. The number of aliphatic hydroxyl groups excluding tert-OH is 3. The SMILES string of the molecule is C/C(O)=C1/C(O)NC(CC(=O)O)C1O. The van der Waals surface area contributed by atoms with Crippen molar-refractivity contribution in [1.29, 1.82) is 0 Å². The molecule has 6 nitrogen and oxygen atoms in total. The number of hydrogen-bond acceptors (Lipinski definition) is 5. The number of allylic oxidation sites excluding steroid dienone is 1. The molecule has 3 unspecified atom stereocenters.